The Morgan fingerprint density at radius 1 is 1.11 bits per heavy atom. The van der Waals surface area contributed by atoms with Crippen molar-refractivity contribution in [2.24, 2.45) is 0 Å². The summed E-state index contributed by atoms with van der Waals surface area (Å²) in [6, 6.07) is 20.8. The summed E-state index contributed by atoms with van der Waals surface area (Å²) in [5.41, 5.74) is 0.0463. The number of pyridine rings is 1. The second-order valence-electron chi connectivity index (χ2n) is 7.18. The molecule has 1 aliphatic rings. The van der Waals surface area contributed by atoms with Crippen LogP contribution < -0.4 is 4.74 Å². The molecule has 27 heavy (non-hydrogen) atoms. The summed E-state index contributed by atoms with van der Waals surface area (Å²) in [7, 11) is 0. The van der Waals surface area contributed by atoms with E-state index in [4.69, 9.17) is 4.74 Å². The summed E-state index contributed by atoms with van der Waals surface area (Å²) in [5.74, 6) is 0.554. The molecule has 2 aromatic carbocycles. The zero-order valence-electron chi connectivity index (χ0n) is 15.2. The number of likely N-dealkylation sites (tertiary alicyclic amines) is 1. The summed E-state index contributed by atoms with van der Waals surface area (Å²) >= 11 is 0. The van der Waals surface area contributed by atoms with Crippen molar-refractivity contribution >= 4 is 16.8 Å². The number of hydrogen-bond donors (Lipinski definition) is 1. The Bertz CT molecular complexity index is 956. The van der Waals surface area contributed by atoms with Crippen LogP contribution in [0.2, 0.25) is 0 Å². The fourth-order valence-corrected chi connectivity index (χ4v) is 3.52. The van der Waals surface area contributed by atoms with Crippen molar-refractivity contribution in [3.05, 3.63) is 72.4 Å². The van der Waals surface area contributed by atoms with Gasteiger partial charge in [0.15, 0.2) is 0 Å². The lowest BCUT2D eigenvalue weighted by atomic mass is 9.91. The number of para-hydroxylation sites is 2. The fourth-order valence-electron chi connectivity index (χ4n) is 3.52. The maximum Gasteiger partial charge on any atom is 0.272 e. The number of ether oxygens (including phenoxy) is 1. The molecule has 0 spiro atoms. The molecule has 1 fully saturated rings. The standard InChI is InChI=1S/C22H22N2O3/c1-22(26)15-24(14-13-20(22)27-17-8-3-2-4-9-17)21(25)19-12-11-16-7-5-6-10-18(16)23-19/h2-12,20,26H,13-15H2,1H3/t20-,22-/m0/s1. The van der Waals surface area contributed by atoms with Gasteiger partial charge in [-0.05, 0) is 31.2 Å². The van der Waals surface area contributed by atoms with Crippen molar-refractivity contribution in [3.8, 4) is 5.75 Å². The van der Waals surface area contributed by atoms with Crippen LogP contribution >= 0.6 is 0 Å². The summed E-state index contributed by atoms with van der Waals surface area (Å²) < 4.78 is 5.96. The van der Waals surface area contributed by atoms with Gasteiger partial charge in [0.2, 0.25) is 0 Å². The molecule has 138 valence electrons. The Hall–Kier alpha value is -2.92. The fraction of sp³-hybridized carbons (Fsp3) is 0.273. The van der Waals surface area contributed by atoms with Crippen molar-refractivity contribution < 1.29 is 14.6 Å². The molecule has 2 atom stereocenters. The number of amides is 1. The number of fused-ring (bicyclic) bond motifs is 1. The van der Waals surface area contributed by atoms with Crippen LogP contribution in [0.4, 0.5) is 0 Å². The van der Waals surface area contributed by atoms with E-state index < -0.39 is 5.60 Å². The van der Waals surface area contributed by atoms with Gasteiger partial charge in [0.1, 0.15) is 23.1 Å². The smallest absolute Gasteiger partial charge is 0.272 e. The third kappa shape index (κ3) is 3.64. The molecule has 1 saturated heterocycles. The van der Waals surface area contributed by atoms with E-state index in [-0.39, 0.29) is 18.6 Å². The minimum atomic E-state index is -1.14. The van der Waals surface area contributed by atoms with E-state index in [9.17, 15) is 9.90 Å². The third-order valence-corrected chi connectivity index (χ3v) is 4.99. The highest BCUT2D eigenvalue weighted by atomic mass is 16.5. The highest BCUT2D eigenvalue weighted by Crippen LogP contribution is 2.27. The van der Waals surface area contributed by atoms with E-state index in [1.54, 1.807) is 17.9 Å². The SMILES string of the molecule is C[C@]1(O)CN(C(=O)c2ccc3ccccc3n2)CC[C@@H]1Oc1ccccc1. The van der Waals surface area contributed by atoms with Gasteiger partial charge in [-0.2, -0.15) is 0 Å². The number of piperidine rings is 1. The van der Waals surface area contributed by atoms with Crippen LogP contribution in [0, 0.1) is 0 Å². The molecule has 0 radical (unpaired) electrons. The van der Waals surface area contributed by atoms with Gasteiger partial charge < -0.3 is 14.7 Å². The molecule has 4 rings (SSSR count). The van der Waals surface area contributed by atoms with Crippen molar-refractivity contribution in [3.63, 3.8) is 0 Å². The molecule has 5 nitrogen and oxygen atoms in total. The zero-order valence-corrected chi connectivity index (χ0v) is 15.2. The molecule has 0 bridgehead atoms. The Balaban J connectivity index is 1.49. The number of hydrogen-bond acceptors (Lipinski definition) is 4. The molecule has 5 heteroatoms. The van der Waals surface area contributed by atoms with Gasteiger partial charge in [0.05, 0.1) is 12.1 Å². The van der Waals surface area contributed by atoms with Crippen LogP contribution in [-0.2, 0) is 0 Å². The van der Waals surface area contributed by atoms with Crippen molar-refractivity contribution in [2.45, 2.75) is 25.0 Å². The molecule has 3 aromatic rings. The van der Waals surface area contributed by atoms with Crippen molar-refractivity contribution in [1.82, 2.24) is 9.88 Å². The van der Waals surface area contributed by atoms with Crippen LogP contribution in [-0.4, -0.2) is 45.7 Å². The molecule has 2 heterocycles. The third-order valence-electron chi connectivity index (χ3n) is 4.99. The van der Waals surface area contributed by atoms with E-state index in [2.05, 4.69) is 4.98 Å². The molecule has 0 saturated carbocycles. The molecule has 1 aromatic heterocycles. The first-order valence-electron chi connectivity index (χ1n) is 9.12. The van der Waals surface area contributed by atoms with Crippen LogP contribution in [0.25, 0.3) is 10.9 Å². The Morgan fingerprint density at radius 3 is 2.63 bits per heavy atom. The number of rotatable bonds is 3. The van der Waals surface area contributed by atoms with Crippen LogP contribution in [0.3, 0.4) is 0 Å². The highest BCUT2D eigenvalue weighted by Gasteiger charge is 2.41. The van der Waals surface area contributed by atoms with Gasteiger partial charge in [-0.3, -0.25) is 4.79 Å². The van der Waals surface area contributed by atoms with E-state index in [0.29, 0.717) is 18.7 Å². The molecular formula is C22H22N2O3. The predicted molar refractivity (Wildman–Crippen MR) is 104 cm³/mol. The molecule has 1 aliphatic heterocycles. The number of β-amino-alcohol motifs (C(OH)–C–C–N with tert-alkyl or cyclic N) is 1. The maximum absolute atomic E-state index is 12.9. The van der Waals surface area contributed by atoms with Crippen LogP contribution in [0.5, 0.6) is 5.75 Å². The number of aromatic nitrogens is 1. The predicted octanol–water partition coefficient (Wildman–Crippen LogP) is 3.28. The summed E-state index contributed by atoms with van der Waals surface area (Å²) in [6.07, 6.45) is 0.190. The molecule has 0 aliphatic carbocycles. The zero-order chi connectivity index (χ0) is 18.9. The van der Waals surface area contributed by atoms with E-state index in [1.807, 2.05) is 60.7 Å². The lowest BCUT2D eigenvalue weighted by Crippen LogP contribution is -2.58. The Morgan fingerprint density at radius 2 is 1.85 bits per heavy atom. The summed E-state index contributed by atoms with van der Waals surface area (Å²) in [4.78, 5) is 19.0. The average molecular weight is 362 g/mol. The van der Waals surface area contributed by atoms with Gasteiger partial charge in [0, 0.05) is 18.4 Å². The molecule has 1 N–H and O–H groups in total. The number of carbonyl (C=O) groups excluding carboxylic acids is 1. The number of aliphatic hydroxyl groups is 1. The van der Waals surface area contributed by atoms with Crippen LogP contribution in [0.1, 0.15) is 23.8 Å². The molecular weight excluding hydrogens is 340 g/mol. The quantitative estimate of drug-likeness (QED) is 0.777. The first-order chi connectivity index (χ1) is 13.0. The monoisotopic (exact) mass is 362 g/mol. The Labute approximate surface area is 158 Å². The van der Waals surface area contributed by atoms with Gasteiger partial charge in [-0.1, -0.05) is 42.5 Å². The molecule has 1 amide bonds. The van der Waals surface area contributed by atoms with Gasteiger partial charge in [0.25, 0.3) is 5.91 Å². The van der Waals surface area contributed by atoms with E-state index in [0.717, 1.165) is 16.7 Å². The number of nitrogens with zero attached hydrogens (tertiary/aromatic N) is 2. The van der Waals surface area contributed by atoms with E-state index in [1.165, 1.54) is 0 Å². The first-order valence-corrected chi connectivity index (χ1v) is 9.12. The van der Waals surface area contributed by atoms with Gasteiger partial charge in [-0.25, -0.2) is 4.98 Å². The number of carbonyl (C=O) groups is 1. The largest absolute Gasteiger partial charge is 0.487 e. The minimum absolute atomic E-state index is 0.167. The van der Waals surface area contributed by atoms with Gasteiger partial charge >= 0.3 is 0 Å². The van der Waals surface area contributed by atoms with E-state index >= 15 is 0 Å². The maximum atomic E-state index is 12.9. The first kappa shape index (κ1) is 17.5. The average Bonchev–Trinajstić information content (AvgIpc) is 2.69. The summed E-state index contributed by atoms with van der Waals surface area (Å²) in [6.45, 7) is 2.44. The topological polar surface area (TPSA) is 62.7 Å². The number of benzene rings is 2. The van der Waals surface area contributed by atoms with Crippen LogP contribution in [0.15, 0.2) is 66.7 Å². The highest BCUT2D eigenvalue weighted by molar-refractivity contribution is 5.95. The van der Waals surface area contributed by atoms with Crippen molar-refractivity contribution in [2.75, 3.05) is 13.1 Å². The normalized spacial score (nSPS) is 22.6. The summed E-state index contributed by atoms with van der Waals surface area (Å²) in [5, 5.41) is 11.9. The second kappa shape index (κ2) is 7.00. The lowest BCUT2D eigenvalue weighted by Gasteiger charge is -2.42. The van der Waals surface area contributed by atoms with Crippen molar-refractivity contribution in [1.29, 1.82) is 0 Å². The second-order valence-corrected chi connectivity index (χ2v) is 7.18. The minimum Gasteiger partial charge on any atom is -0.487 e. The van der Waals surface area contributed by atoms with Gasteiger partial charge in [-0.15, -0.1) is 0 Å². The Kier molecular flexibility index (Phi) is 4.54. The molecule has 0 unspecified atom stereocenters. The lowest BCUT2D eigenvalue weighted by molar-refractivity contribution is -0.0900.